The smallest absolute Gasteiger partial charge is 0.161 e. The Kier molecular flexibility index (Phi) is 4.26. The third kappa shape index (κ3) is 2.64. The maximum absolute atomic E-state index is 5.42. The van der Waals surface area contributed by atoms with Crippen LogP contribution in [0.15, 0.2) is 18.2 Å². The Balaban J connectivity index is 2.87. The summed E-state index contributed by atoms with van der Waals surface area (Å²) in [6.45, 7) is 3.52. The summed E-state index contributed by atoms with van der Waals surface area (Å²) in [5.74, 6) is 1.61. The van der Waals surface area contributed by atoms with Gasteiger partial charge < -0.3 is 15.2 Å². The molecule has 3 heteroatoms. The van der Waals surface area contributed by atoms with Crippen molar-refractivity contribution >= 4 is 0 Å². The zero-order chi connectivity index (χ0) is 10.4. The molecule has 0 aliphatic rings. The van der Waals surface area contributed by atoms with E-state index in [1.54, 1.807) is 7.11 Å². The number of rotatable bonds is 5. The van der Waals surface area contributed by atoms with Crippen LogP contribution >= 0.6 is 0 Å². The number of methoxy groups -OCH3 is 1. The average Bonchev–Trinajstić information content (AvgIpc) is 2.21. The van der Waals surface area contributed by atoms with Gasteiger partial charge in [0.15, 0.2) is 11.5 Å². The molecule has 1 aromatic rings. The highest BCUT2D eigenvalue weighted by Gasteiger charge is 2.04. The van der Waals surface area contributed by atoms with Crippen molar-refractivity contribution < 1.29 is 15.2 Å². The fourth-order valence-electron chi connectivity index (χ4n) is 1.35. The fourth-order valence-corrected chi connectivity index (χ4v) is 1.35. The zero-order valence-electron chi connectivity index (χ0n) is 8.88. The summed E-state index contributed by atoms with van der Waals surface area (Å²) in [4.78, 5) is 0. The number of ether oxygens (including phenoxy) is 2. The summed E-state index contributed by atoms with van der Waals surface area (Å²) in [5.41, 5.74) is 5.06. The van der Waals surface area contributed by atoms with E-state index in [0.717, 1.165) is 24.5 Å². The van der Waals surface area contributed by atoms with Gasteiger partial charge in [-0.15, -0.1) is 0 Å². The normalized spacial score (nSPS) is 9.93. The van der Waals surface area contributed by atoms with Crippen LogP contribution in [0.4, 0.5) is 0 Å². The van der Waals surface area contributed by atoms with Crippen LogP contribution in [0.3, 0.4) is 0 Å². The van der Waals surface area contributed by atoms with E-state index < -0.39 is 0 Å². The molecular weight excluding hydrogens is 178 g/mol. The lowest BCUT2D eigenvalue weighted by molar-refractivity contribution is -0.366. The van der Waals surface area contributed by atoms with Crippen LogP contribution in [0.5, 0.6) is 11.5 Å². The van der Waals surface area contributed by atoms with Gasteiger partial charge >= 0.3 is 0 Å². The topological polar surface area (TPSA) is 46.1 Å². The summed E-state index contributed by atoms with van der Waals surface area (Å²) in [6.07, 6.45) is 0.975. The van der Waals surface area contributed by atoms with E-state index in [1.807, 2.05) is 19.1 Å². The van der Waals surface area contributed by atoms with Crippen LogP contribution in [-0.2, 0) is 6.42 Å². The summed E-state index contributed by atoms with van der Waals surface area (Å²) >= 11 is 0. The second kappa shape index (κ2) is 5.50. The lowest BCUT2D eigenvalue weighted by Gasteiger charge is -2.10. The van der Waals surface area contributed by atoms with Crippen molar-refractivity contribution in [1.82, 2.24) is 0 Å². The van der Waals surface area contributed by atoms with Gasteiger partial charge in [-0.3, -0.25) is 0 Å². The first-order chi connectivity index (χ1) is 6.81. The summed E-state index contributed by atoms with van der Waals surface area (Å²) < 4.78 is 10.7. The molecule has 0 aliphatic heterocycles. The van der Waals surface area contributed by atoms with Gasteiger partial charge in [0, 0.05) is 6.42 Å². The van der Waals surface area contributed by atoms with Crippen molar-refractivity contribution in [2.45, 2.75) is 13.3 Å². The Labute approximate surface area is 84.8 Å². The van der Waals surface area contributed by atoms with Crippen molar-refractivity contribution in [2.24, 2.45) is 0 Å². The molecule has 78 valence electrons. The molecule has 0 aromatic heterocycles. The minimum atomic E-state index is 0.658. The Morgan fingerprint density at radius 1 is 1.29 bits per heavy atom. The molecule has 1 rings (SSSR count). The molecular formula is C11H18NO2+. The number of hydrogen-bond donors (Lipinski definition) is 1. The maximum Gasteiger partial charge on any atom is 0.161 e. The lowest BCUT2D eigenvalue weighted by atomic mass is 10.1. The van der Waals surface area contributed by atoms with Crippen LogP contribution in [0.2, 0.25) is 0 Å². The summed E-state index contributed by atoms with van der Waals surface area (Å²) in [7, 11) is 1.66. The predicted octanol–water partition coefficient (Wildman–Crippen LogP) is 0.878. The minimum absolute atomic E-state index is 0.658. The molecule has 14 heavy (non-hydrogen) atoms. The number of hydrogen-bond acceptors (Lipinski definition) is 2. The van der Waals surface area contributed by atoms with Gasteiger partial charge in [-0.05, 0) is 24.6 Å². The fraction of sp³-hybridized carbons (Fsp3) is 0.455. The Hall–Kier alpha value is -1.22. The van der Waals surface area contributed by atoms with Crippen LogP contribution < -0.4 is 15.2 Å². The van der Waals surface area contributed by atoms with Crippen molar-refractivity contribution in [2.75, 3.05) is 20.3 Å². The van der Waals surface area contributed by atoms with Crippen LogP contribution in [-0.4, -0.2) is 20.3 Å². The van der Waals surface area contributed by atoms with Gasteiger partial charge in [-0.1, -0.05) is 6.07 Å². The highest BCUT2D eigenvalue weighted by molar-refractivity contribution is 5.42. The van der Waals surface area contributed by atoms with Gasteiger partial charge in [-0.2, -0.15) is 0 Å². The molecule has 0 aliphatic carbocycles. The van der Waals surface area contributed by atoms with Gasteiger partial charge in [0.05, 0.1) is 20.3 Å². The van der Waals surface area contributed by atoms with E-state index in [4.69, 9.17) is 9.47 Å². The Morgan fingerprint density at radius 2 is 2.07 bits per heavy atom. The first-order valence-corrected chi connectivity index (χ1v) is 4.90. The second-order valence-corrected chi connectivity index (χ2v) is 3.02. The lowest BCUT2D eigenvalue weighted by Crippen LogP contribution is -2.51. The second-order valence-electron chi connectivity index (χ2n) is 3.02. The van der Waals surface area contributed by atoms with Crippen LogP contribution in [0.25, 0.3) is 0 Å². The zero-order valence-corrected chi connectivity index (χ0v) is 8.88. The highest BCUT2D eigenvalue weighted by atomic mass is 16.5. The molecule has 0 heterocycles. The van der Waals surface area contributed by atoms with Crippen molar-refractivity contribution in [3.8, 4) is 11.5 Å². The third-order valence-electron chi connectivity index (χ3n) is 1.99. The van der Waals surface area contributed by atoms with Crippen molar-refractivity contribution in [3.05, 3.63) is 23.8 Å². The molecule has 3 N–H and O–H groups in total. The maximum atomic E-state index is 5.42. The summed E-state index contributed by atoms with van der Waals surface area (Å²) in [5, 5.41) is 0. The van der Waals surface area contributed by atoms with E-state index in [-0.39, 0.29) is 0 Å². The van der Waals surface area contributed by atoms with Gasteiger partial charge in [-0.25, -0.2) is 0 Å². The summed E-state index contributed by atoms with van der Waals surface area (Å²) in [6, 6.07) is 6.02. The van der Waals surface area contributed by atoms with E-state index in [9.17, 15) is 0 Å². The molecule has 0 amide bonds. The first kappa shape index (κ1) is 10.9. The van der Waals surface area contributed by atoms with E-state index in [0.29, 0.717) is 6.61 Å². The quantitative estimate of drug-likeness (QED) is 0.759. The standard InChI is InChI=1S/C11H17NO2/c1-3-14-10-5-4-9(6-7-12)8-11(10)13-2/h4-5,8H,3,6-7,12H2,1-2H3/p+1. The first-order valence-electron chi connectivity index (χ1n) is 4.90. The molecule has 0 atom stereocenters. The van der Waals surface area contributed by atoms with Gasteiger partial charge in [0.1, 0.15) is 0 Å². The molecule has 0 unspecified atom stereocenters. The Morgan fingerprint density at radius 3 is 2.64 bits per heavy atom. The minimum Gasteiger partial charge on any atom is -0.493 e. The van der Waals surface area contributed by atoms with Crippen molar-refractivity contribution in [1.29, 1.82) is 0 Å². The molecule has 0 saturated carbocycles. The Bertz CT molecular complexity index is 287. The third-order valence-corrected chi connectivity index (χ3v) is 1.99. The average molecular weight is 196 g/mol. The molecule has 0 fully saturated rings. The van der Waals surface area contributed by atoms with Crippen LogP contribution in [0.1, 0.15) is 12.5 Å². The molecule has 0 bridgehead atoms. The van der Waals surface area contributed by atoms with E-state index in [1.165, 1.54) is 5.56 Å². The largest absolute Gasteiger partial charge is 0.493 e. The molecule has 0 radical (unpaired) electrons. The van der Waals surface area contributed by atoms with E-state index >= 15 is 0 Å². The van der Waals surface area contributed by atoms with Crippen LogP contribution in [0, 0.1) is 0 Å². The number of quaternary nitrogens is 1. The molecule has 1 aromatic carbocycles. The predicted molar refractivity (Wildman–Crippen MR) is 55.6 cm³/mol. The highest BCUT2D eigenvalue weighted by Crippen LogP contribution is 2.27. The SMILES string of the molecule is CCOc1ccc(CC[NH3+])cc1OC. The molecule has 0 spiro atoms. The van der Waals surface area contributed by atoms with Gasteiger partial charge in [0.25, 0.3) is 0 Å². The van der Waals surface area contributed by atoms with Crippen molar-refractivity contribution in [3.63, 3.8) is 0 Å². The molecule has 3 nitrogen and oxygen atoms in total. The number of benzene rings is 1. The molecule has 0 saturated heterocycles. The van der Waals surface area contributed by atoms with E-state index in [2.05, 4.69) is 11.8 Å². The van der Waals surface area contributed by atoms with Gasteiger partial charge in [0.2, 0.25) is 0 Å². The monoisotopic (exact) mass is 196 g/mol.